The number of hydrogen-bond donors (Lipinski definition) is 1. The van der Waals surface area contributed by atoms with E-state index >= 15 is 0 Å². The van der Waals surface area contributed by atoms with Crippen LogP contribution in [0, 0.1) is 13.8 Å². The van der Waals surface area contributed by atoms with Crippen LogP contribution >= 0.6 is 0 Å². The summed E-state index contributed by atoms with van der Waals surface area (Å²) < 4.78 is 5.88. The molecule has 0 bridgehead atoms. The zero-order chi connectivity index (χ0) is 13.8. The predicted molar refractivity (Wildman–Crippen MR) is 77.2 cm³/mol. The quantitative estimate of drug-likeness (QED) is 0.842. The van der Waals surface area contributed by atoms with E-state index in [2.05, 4.69) is 45.8 Å². The molecule has 0 fully saturated rings. The maximum Gasteiger partial charge on any atom is 0.122 e. The molecule has 1 aromatic carbocycles. The first-order valence-electron chi connectivity index (χ1n) is 6.47. The van der Waals surface area contributed by atoms with Crippen LogP contribution in [0.3, 0.4) is 0 Å². The van der Waals surface area contributed by atoms with Crippen LogP contribution in [0.4, 0.5) is 0 Å². The lowest BCUT2D eigenvalue weighted by Gasteiger charge is -2.35. The topological polar surface area (TPSA) is 38.5 Å². The highest BCUT2D eigenvalue weighted by molar-refractivity contribution is 5.38. The van der Waals surface area contributed by atoms with Gasteiger partial charge < -0.3 is 15.4 Å². The largest absolute Gasteiger partial charge is 0.493 e. The molecular weight excluding hydrogens is 224 g/mol. The number of hydrogen-bond acceptors (Lipinski definition) is 3. The fraction of sp³-hybridized carbons (Fsp3) is 0.600. The molecule has 0 aliphatic rings. The maximum absolute atomic E-state index is 5.88. The lowest BCUT2D eigenvalue weighted by Crippen LogP contribution is -2.48. The van der Waals surface area contributed by atoms with Crippen molar-refractivity contribution in [2.24, 2.45) is 5.73 Å². The van der Waals surface area contributed by atoms with E-state index < -0.39 is 0 Å². The van der Waals surface area contributed by atoms with E-state index in [1.165, 1.54) is 11.1 Å². The van der Waals surface area contributed by atoms with Crippen molar-refractivity contribution >= 4 is 0 Å². The minimum atomic E-state index is -0.00225. The number of nitrogens with zero attached hydrogens (tertiary/aromatic N) is 1. The van der Waals surface area contributed by atoms with Gasteiger partial charge in [0.15, 0.2) is 0 Å². The van der Waals surface area contributed by atoms with Gasteiger partial charge in [-0.25, -0.2) is 0 Å². The van der Waals surface area contributed by atoms with Crippen LogP contribution in [0.5, 0.6) is 5.75 Å². The number of benzene rings is 1. The Kier molecular flexibility index (Phi) is 5.17. The molecule has 3 nitrogen and oxygen atoms in total. The highest BCUT2D eigenvalue weighted by atomic mass is 16.5. The Morgan fingerprint density at radius 1 is 1.28 bits per heavy atom. The van der Waals surface area contributed by atoms with Crippen LogP contribution in [0.1, 0.15) is 24.5 Å². The van der Waals surface area contributed by atoms with Gasteiger partial charge in [-0.1, -0.05) is 12.1 Å². The summed E-state index contributed by atoms with van der Waals surface area (Å²) >= 11 is 0. The fourth-order valence-corrected chi connectivity index (χ4v) is 1.77. The summed E-state index contributed by atoms with van der Waals surface area (Å²) in [5, 5.41) is 0. The van der Waals surface area contributed by atoms with Crippen LogP contribution in [-0.4, -0.2) is 37.7 Å². The van der Waals surface area contributed by atoms with Gasteiger partial charge in [-0.2, -0.15) is 0 Å². The molecule has 0 aromatic heterocycles. The van der Waals surface area contributed by atoms with Gasteiger partial charge >= 0.3 is 0 Å². The van der Waals surface area contributed by atoms with Crippen LogP contribution in [0.15, 0.2) is 18.2 Å². The third kappa shape index (κ3) is 3.47. The normalized spacial score (nSPS) is 14.6. The third-order valence-corrected chi connectivity index (χ3v) is 3.97. The summed E-state index contributed by atoms with van der Waals surface area (Å²) in [5.41, 5.74) is 8.33. The molecule has 1 rings (SSSR count). The van der Waals surface area contributed by atoms with Crippen molar-refractivity contribution < 1.29 is 4.74 Å². The lowest BCUT2D eigenvalue weighted by molar-refractivity contribution is 0.139. The van der Waals surface area contributed by atoms with E-state index in [0.29, 0.717) is 13.2 Å². The third-order valence-electron chi connectivity index (χ3n) is 3.97. The molecular formula is C15H26N2O. The monoisotopic (exact) mass is 250 g/mol. The van der Waals surface area contributed by atoms with Gasteiger partial charge in [0.25, 0.3) is 0 Å². The van der Waals surface area contributed by atoms with Gasteiger partial charge in [-0.15, -0.1) is 0 Å². The van der Waals surface area contributed by atoms with Crippen LogP contribution < -0.4 is 10.5 Å². The molecule has 1 atom stereocenters. The Balaban J connectivity index is 2.59. The Bertz CT molecular complexity index is 390. The molecule has 18 heavy (non-hydrogen) atoms. The van der Waals surface area contributed by atoms with Crippen molar-refractivity contribution in [2.75, 3.05) is 27.2 Å². The zero-order valence-corrected chi connectivity index (χ0v) is 12.3. The Labute approximate surface area is 111 Å². The highest BCUT2D eigenvalue weighted by Crippen LogP contribution is 2.22. The van der Waals surface area contributed by atoms with Gasteiger partial charge in [0, 0.05) is 18.5 Å². The van der Waals surface area contributed by atoms with Gasteiger partial charge in [-0.05, 0) is 52.1 Å². The second-order valence-corrected chi connectivity index (χ2v) is 5.39. The molecule has 0 saturated carbocycles. The van der Waals surface area contributed by atoms with Gasteiger partial charge in [0.05, 0.1) is 6.61 Å². The van der Waals surface area contributed by atoms with E-state index in [1.807, 2.05) is 12.1 Å². The standard InChI is InChI=1S/C15H26N2O/c1-12-7-6-8-14(13(12)2)18-10-9-15(3,11-16)17(4)5/h6-8H,9-11,16H2,1-5H3. The number of rotatable bonds is 6. The molecule has 0 aliphatic heterocycles. The predicted octanol–water partition coefficient (Wildman–Crippen LogP) is 2.35. The minimum Gasteiger partial charge on any atom is -0.493 e. The number of nitrogens with two attached hydrogens (primary N) is 1. The Morgan fingerprint density at radius 2 is 1.94 bits per heavy atom. The number of ether oxygens (including phenoxy) is 1. The average molecular weight is 250 g/mol. The second kappa shape index (κ2) is 6.21. The first-order chi connectivity index (χ1) is 8.40. The smallest absolute Gasteiger partial charge is 0.122 e. The number of likely N-dealkylation sites (N-methyl/N-ethyl adjacent to an activating group) is 1. The van der Waals surface area contributed by atoms with E-state index in [1.54, 1.807) is 0 Å². The van der Waals surface area contributed by atoms with Gasteiger partial charge in [0.1, 0.15) is 5.75 Å². The summed E-state index contributed by atoms with van der Waals surface area (Å²) in [6.07, 6.45) is 0.921. The molecule has 3 heteroatoms. The molecule has 1 aromatic rings. The van der Waals surface area contributed by atoms with E-state index in [-0.39, 0.29) is 5.54 Å². The summed E-state index contributed by atoms with van der Waals surface area (Å²) in [5.74, 6) is 0.980. The molecule has 102 valence electrons. The maximum atomic E-state index is 5.88. The highest BCUT2D eigenvalue weighted by Gasteiger charge is 2.24. The summed E-state index contributed by atoms with van der Waals surface area (Å²) in [7, 11) is 4.12. The van der Waals surface area contributed by atoms with Crippen LogP contribution in [0.2, 0.25) is 0 Å². The van der Waals surface area contributed by atoms with E-state index in [0.717, 1.165) is 12.2 Å². The Morgan fingerprint density at radius 3 is 2.50 bits per heavy atom. The van der Waals surface area contributed by atoms with Crippen molar-refractivity contribution in [1.29, 1.82) is 0 Å². The minimum absolute atomic E-state index is 0.00225. The van der Waals surface area contributed by atoms with Gasteiger partial charge in [-0.3, -0.25) is 0 Å². The summed E-state index contributed by atoms with van der Waals surface area (Å²) in [6, 6.07) is 6.16. The first-order valence-corrected chi connectivity index (χ1v) is 6.47. The lowest BCUT2D eigenvalue weighted by atomic mass is 9.97. The van der Waals surface area contributed by atoms with Crippen molar-refractivity contribution in [3.63, 3.8) is 0 Å². The van der Waals surface area contributed by atoms with Gasteiger partial charge in [0.2, 0.25) is 0 Å². The first kappa shape index (κ1) is 15.0. The van der Waals surface area contributed by atoms with E-state index in [4.69, 9.17) is 10.5 Å². The van der Waals surface area contributed by atoms with Crippen LogP contribution in [0.25, 0.3) is 0 Å². The molecule has 0 spiro atoms. The molecule has 0 radical (unpaired) electrons. The Hall–Kier alpha value is -1.06. The molecule has 0 saturated heterocycles. The van der Waals surface area contributed by atoms with Crippen molar-refractivity contribution in [2.45, 2.75) is 32.7 Å². The summed E-state index contributed by atoms with van der Waals surface area (Å²) in [4.78, 5) is 2.17. The summed E-state index contributed by atoms with van der Waals surface area (Å²) in [6.45, 7) is 7.69. The SMILES string of the molecule is Cc1cccc(OCCC(C)(CN)N(C)C)c1C. The molecule has 0 aliphatic carbocycles. The van der Waals surface area contributed by atoms with Crippen molar-refractivity contribution in [3.8, 4) is 5.75 Å². The fourth-order valence-electron chi connectivity index (χ4n) is 1.77. The van der Waals surface area contributed by atoms with Crippen LogP contribution in [-0.2, 0) is 0 Å². The van der Waals surface area contributed by atoms with Crippen molar-refractivity contribution in [1.82, 2.24) is 4.90 Å². The number of aryl methyl sites for hydroxylation is 1. The molecule has 0 amide bonds. The zero-order valence-electron chi connectivity index (χ0n) is 12.3. The van der Waals surface area contributed by atoms with Crippen molar-refractivity contribution in [3.05, 3.63) is 29.3 Å². The molecule has 2 N–H and O–H groups in total. The molecule has 0 heterocycles. The average Bonchev–Trinajstić information content (AvgIpc) is 2.34. The molecule has 1 unspecified atom stereocenters. The second-order valence-electron chi connectivity index (χ2n) is 5.39. The van der Waals surface area contributed by atoms with E-state index in [9.17, 15) is 0 Å².